The van der Waals surface area contributed by atoms with E-state index in [-0.39, 0.29) is 0 Å². The van der Waals surface area contributed by atoms with Gasteiger partial charge < -0.3 is 14.4 Å². The first-order valence-corrected chi connectivity index (χ1v) is 9.56. The quantitative estimate of drug-likeness (QED) is 0.557. The summed E-state index contributed by atoms with van der Waals surface area (Å²) in [5, 5.41) is 5.71. The molecule has 0 unspecified atom stereocenters. The molecule has 0 heterocycles. The van der Waals surface area contributed by atoms with E-state index in [0.29, 0.717) is 0 Å². The Hall–Kier alpha value is 1.21. The van der Waals surface area contributed by atoms with Crippen molar-refractivity contribution in [3.05, 3.63) is 0 Å². The SMILES string of the molecule is C[CH2][Al+][CH2]C.C[CH2][Al+][CH2]C.O=[PH]([O-])[O-]. The summed E-state index contributed by atoms with van der Waals surface area (Å²) in [5.74, 6) is 0. The molecule has 0 fully saturated rings. The average molecular weight is 250 g/mol. The molecule has 0 aromatic rings. The van der Waals surface area contributed by atoms with Gasteiger partial charge >= 0.3 is 79.3 Å². The third-order valence-corrected chi connectivity index (χ3v) is 3.46. The van der Waals surface area contributed by atoms with Crippen molar-refractivity contribution in [2.24, 2.45) is 0 Å². The van der Waals surface area contributed by atoms with Gasteiger partial charge in [0.15, 0.2) is 0 Å². The Kier molecular flexibility index (Phi) is 35.0. The molecule has 6 heteroatoms. The van der Waals surface area contributed by atoms with Crippen LogP contribution in [0.2, 0.25) is 21.1 Å². The summed E-state index contributed by atoms with van der Waals surface area (Å²) >= 11 is 1.63. The fourth-order valence-corrected chi connectivity index (χ4v) is 1.73. The summed E-state index contributed by atoms with van der Waals surface area (Å²) in [4.78, 5) is 17.0. The second kappa shape index (κ2) is 23.8. The van der Waals surface area contributed by atoms with E-state index in [1.807, 2.05) is 0 Å². The first-order valence-electron chi connectivity index (χ1n) is 5.07. The molecule has 0 spiro atoms. The van der Waals surface area contributed by atoms with Gasteiger partial charge in [0.25, 0.3) is 0 Å². The topological polar surface area (TPSA) is 63.2 Å². The Morgan fingerprint density at radius 2 is 1.00 bits per heavy atom. The molecule has 0 saturated heterocycles. The molecule has 0 atom stereocenters. The van der Waals surface area contributed by atoms with Gasteiger partial charge in [-0.05, 0) is 0 Å². The molecule has 14 heavy (non-hydrogen) atoms. The van der Waals surface area contributed by atoms with Crippen LogP contribution in [-0.4, -0.2) is 30.4 Å². The largest absolute Gasteiger partial charge is 0.813 e. The minimum atomic E-state index is -3.63. The van der Waals surface area contributed by atoms with E-state index in [0.717, 1.165) is 30.4 Å². The van der Waals surface area contributed by atoms with Gasteiger partial charge in [0.1, 0.15) is 0 Å². The number of hydrogen-bond acceptors (Lipinski definition) is 3. The molecular formula is C8H21Al2O3P. The first-order chi connectivity index (χ1) is 6.56. The van der Waals surface area contributed by atoms with Crippen molar-refractivity contribution in [3.8, 4) is 0 Å². The molecule has 0 amide bonds. The van der Waals surface area contributed by atoms with Crippen molar-refractivity contribution < 1.29 is 14.4 Å². The maximum Gasteiger partial charge on any atom is -0.0813 e. The van der Waals surface area contributed by atoms with Crippen LogP contribution in [-0.2, 0) is 4.57 Å². The molecule has 3 nitrogen and oxygen atoms in total. The molecule has 0 bridgehead atoms. The number of hydrogen-bond donors (Lipinski definition) is 0. The van der Waals surface area contributed by atoms with Gasteiger partial charge in [-0.1, -0.05) is 8.25 Å². The van der Waals surface area contributed by atoms with Crippen molar-refractivity contribution in [2.45, 2.75) is 48.8 Å². The van der Waals surface area contributed by atoms with E-state index >= 15 is 0 Å². The van der Waals surface area contributed by atoms with Gasteiger partial charge in [0.2, 0.25) is 0 Å². The summed E-state index contributed by atoms with van der Waals surface area (Å²) in [5.41, 5.74) is 0. The second-order valence-electron chi connectivity index (χ2n) is 2.46. The molecule has 0 aliphatic heterocycles. The zero-order chi connectivity index (χ0) is 11.8. The molecule has 0 aliphatic rings. The van der Waals surface area contributed by atoms with E-state index in [4.69, 9.17) is 14.4 Å². The minimum absolute atomic E-state index is 0.815. The van der Waals surface area contributed by atoms with Crippen LogP contribution in [0.15, 0.2) is 0 Å². The van der Waals surface area contributed by atoms with E-state index in [9.17, 15) is 0 Å². The van der Waals surface area contributed by atoms with Gasteiger partial charge in [0, 0.05) is 0 Å². The summed E-state index contributed by atoms with van der Waals surface area (Å²) in [7, 11) is -3.63. The Bertz CT molecular complexity index is 90.6. The van der Waals surface area contributed by atoms with Crippen LogP contribution in [0, 0.1) is 0 Å². The first kappa shape index (κ1) is 20.6. The van der Waals surface area contributed by atoms with Crippen molar-refractivity contribution >= 4 is 38.7 Å². The van der Waals surface area contributed by atoms with E-state index in [1.165, 1.54) is 21.1 Å². The molecule has 0 rings (SSSR count). The van der Waals surface area contributed by atoms with E-state index in [1.54, 1.807) is 0 Å². The van der Waals surface area contributed by atoms with Gasteiger partial charge in [-0.25, -0.2) is 0 Å². The molecule has 0 N–H and O–H groups in total. The fraction of sp³-hybridized carbons (Fsp3) is 1.00. The van der Waals surface area contributed by atoms with Crippen LogP contribution in [0.25, 0.3) is 0 Å². The zero-order valence-corrected chi connectivity index (χ0v) is 13.0. The van der Waals surface area contributed by atoms with Gasteiger partial charge in [-0.3, -0.25) is 0 Å². The third kappa shape index (κ3) is 72.5. The molecule has 0 aromatic heterocycles. The Labute approximate surface area is 102 Å². The Morgan fingerprint density at radius 3 is 1.00 bits per heavy atom. The van der Waals surface area contributed by atoms with Crippen LogP contribution < -0.4 is 9.79 Å². The monoisotopic (exact) mass is 250 g/mol. The van der Waals surface area contributed by atoms with Crippen molar-refractivity contribution in [2.75, 3.05) is 0 Å². The standard InChI is InChI=1S/4C2H5.2Al.H3O3P/c4*1-2;;;1-4(2)3/h4*1H2,2H3;;;4H,(H2,1,2,3)/q;;;;2*+1;/p-2. The van der Waals surface area contributed by atoms with Gasteiger partial charge in [-0.2, -0.15) is 0 Å². The summed E-state index contributed by atoms with van der Waals surface area (Å²) in [6.45, 7) is 9.00. The molecule has 0 saturated carbocycles. The third-order valence-electron chi connectivity index (χ3n) is 1.15. The Balaban J connectivity index is -0.000000131. The minimum Gasteiger partial charge on any atom is -0.813 e. The number of rotatable bonds is 4. The van der Waals surface area contributed by atoms with Crippen LogP contribution in [0.3, 0.4) is 0 Å². The summed E-state index contributed by atoms with van der Waals surface area (Å²) in [6.07, 6.45) is 0. The van der Waals surface area contributed by atoms with E-state index in [2.05, 4.69) is 27.7 Å². The Morgan fingerprint density at radius 1 is 0.857 bits per heavy atom. The van der Waals surface area contributed by atoms with Crippen LogP contribution in [0.5, 0.6) is 0 Å². The molecule has 0 aliphatic carbocycles. The molecule has 0 radical (unpaired) electrons. The van der Waals surface area contributed by atoms with Crippen LogP contribution in [0.1, 0.15) is 27.7 Å². The average Bonchev–Trinajstić information content (AvgIpc) is 2.07. The smallest absolute Gasteiger partial charge is 0.0813 e. The molecule has 82 valence electrons. The molecular weight excluding hydrogens is 229 g/mol. The zero-order valence-electron chi connectivity index (χ0n) is 9.71. The maximum atomic E-state index is 8.52. The summed E-state index contributed by atoms with van der Waals surface area (Å²) in [6, 6.07) is 0. The second-order valence-corrected chi connectivity index (χ2v) is 7.38. The van der Waals surface area contributed by atoms with Crippen molar-refractivity contribution in [1.29, 1.82) is 0 Å². The predicted molar refractivity (Wildman–Crippen MR) is 62.4 cm³/mol. The summed E-state index contributed by atoms with van der Waals surface area (Å²) < 4.78 is 8.52. The molecule has 0 aromatic carbocycles. The van der Waals surface area contributed by atoms with Crippen molar-refractivity contribution in [1.82, 2.24) is 0 Å². The maximum absolute atomic E-state index is 8.52. The van der Waals surface area contributed by atoms with Crippen molar-refractivity contribution in [3.63, 3.8) is 0 Å². The normalized spacial score (nSPS) is 7.36. The van der Waals surface area contributed by atoms with Crippen LogP contribution >= 0.6 is 8.25 Å². The fourth-order valence-electron chi connectivity index (χ4n) is 0.577. The van der Waals surface area contributed by atoms with Gasteiger partial charge in [0.05, 0.1) is 0 Å². The van der Waals surface area contributed by atoms with E-state index < -0.39 is 8.25 Å². The van der Waals surface area contributed by atoms with Gasteiger partial charge in [-0.15, -0.1) is 0 Å². The van der Waals surface area contributed by atoms with Crippen LogP contribution in [0.4, 0.5) is 0 Å². The predicted octanol–water partition coefficient (Wildman–Crippen LogP) is 1.23.